The van der Waals surface area contributed by atoms with Crippen LogP contribution in [0.3, 0.4) is 0 Å². The topological polar surface area (TPSA) is 56.3 Å². The molecule has 0 amide bonds. The van der Waals surface area contributed by atoms with E-state index in [1.807, 2.05) is 0 Å². The van der Waals surface area contributed by atoms with Gasteiger partial charge in [0.1, 0.15) is 10.8 Å². The highest BCUT2D eigenvalue weighted by molar-refractivity contribution is 7.13. The molecule has 8 heteroatoms. The van der Waals surface area contributed by atoms with Gasteiger partial charge in [0.05, 0.1) is 0 Å². The van der Waals surface area contributed by atoms with Gasteiger partial charge in [-0.15, -0.1) is 11.3 Å². The highest BCUT2D eigenvalue weighted by Gasteiger charge is 2.16. The van der Waals surface area contributed by atoms with Crippen LogP contribution in [0.2, 0.25) is 0 Å². The van der Waals surface area contributed by atoms with Crippen LogP contribution in [0.5, 0.6) is 0 Å². The second-order valence-electron chi connectivity index (χ2n) is 5.17. The quantitative estimate of drug-likeness (QED) is 0.492. The molecule has 0 saturated carbocycles. The standard InChI is InChI=1S/C18H10F3NO3S/c19-12-4-1-10(2-5-12)17-22-15(9-26-17)18(24)25-8-16(23)11-3-6-13(20)14(21)7-11/h1-7,9H,8H2. The average molecular weight is 377 g/mol. The van der Waals surface area contributed by atoms with Crippen LogP contribution in [-0.2, 0) is 4.74 Å². The van der Waals surface area contributed by atoms with Crippen molar-refractivity contribution >= 4 is 23.1 Å². The first-order chi connectivity index (χ1) is 12.4. The number of esters is 1. The third-order valence-electron chi connectivity index (χ3n) is 3.38. The number of carbonyl (C=O) groups is 2. The Bertz CT molecular complexity index is 970. The summed E-state index contributed by atoms with van der Waals surface area (Å²) in [6.07, 6.45) is 0. The summed E-state index contributed by atoms with van der Waals surface area (Å²) < 4.78 is 43.8. The monoisotopic (exact) mass is 377 g/mol. The zero-order chi connectivity index (χ0) is 18.7. The van der Waals surface area contributed by atoms with Crippen molar-refractivity contribution in [2.75, 3.05) is 6.61 Å². The fourth-order valence-electron chi connectivity index (χ4n) is 2.05. The second kappa shape index (κ2) is 7.49. The van der Waals surface area contributed by atoms with Crippen molar-refractivity contribution in [2.45, 2.75) is 0 Å². The summed E-state index contributed by atoms with van der Waals surface area (Å²) in [5.74, 6) is -4.13. The van der Waals surface area contributed by atoms with Gasteiger partial charge in [-0.25, -0.2) is 22.9 Å². The number of ketones is 1. The van der Waals surface area contributed by atoms with Crippen LogP contribution in [0.1, 0.15) is 20.8 Å². The summed E-state index contributed by atoms with van der Waals surface area (Å²) in [7, 11) is 0. The maximum Gasteiger partial charge on any atom is 0.358 e. The first-order valence-corrected chi connectivity index (χ1v) is 8.19. The number of hydrogen-bond acceptors (Lipinski definition) is 5. The Morgan fingerprint density at radius 1 is 1.00 bits per heavy atom. The molecule has 0 bridgehead atoms. The number of rotatable bonds is 5. The molecule has 0 aliphatic carbocycles. The Labute approximate surface area is 149 Å². The van der Waals surface area contributed by atoms with E-state index in [9.17, 15) is 22.8 Å². The number of thiazole rings is 1. The Morgan fingerprint density at radius 2 is 1.73 bits per heavy atom. The maximum absolute atomic E-state index is 13.1. The number of carbonyl (C=O) groups excluding carboxylic acids is 2. The SMILES string of the molecule is O=C(COC(=O)c1csc(-c2ccc(F)cc2)n1)c1ccc(F)c(F)c1. The van der Waals surface area contributed by atoms with Crippen LogP contribution in [0.25, 0.3) is 10.6 Å². The van der Waals surface area contributed by atoms with E-state index < -0.39 is 30.0 Å². The number of Topliss-reactive ketones (excluding diaryl/α,β-unsaturated/α-hetero) is 1. The summed E-state index contributed by atoms with van der Waals surface area (Å²) in [6.45, 7) is -0.632. The van der Waals surface area contributed by atoms with Gasteiger partial charge in [0.25, 0.3) is 0 Å². The Balaban J connectivity index is 1.64. The lowest BCUT2D eigenvalue weighted by atomic mass is 10.1. The van der Waals surface area contributed by atoms with Gasteiger partial charge in [0.2, 0.25) is 0 Å². The normalized spacial score (nSPS) is 10.6. The van der Waals surface area contributed by atoms with Crippen LogP contribution in [0, 0.1) is 17.5 Å². The molecule has 0 fully saturated rings. The van der Waals surface area contributed by atoms with Crippen LogP contribution >= 0.6 is 11.3 Å². The van der Waals surface area contributed by atoms with Gasteiger partial charge in [-0.3, -0.25) is 4.79 Å². The minimum Gasteiger partial charge on any atom is -0.453 e. The van der Waals surface area contributed by atoms with Crippen molar-refractivity contribution in [3.63, 3.8) is 0 Å². The Hall–Kier alpha value is -3.00. The van der Waals surface area contributed by atoms with E-state index in [1.165, 1.54) is 29.6 Å². The number of benzene rings is 2. The molecule has 0 radical (unpaired) electrons. The van der Waals surface area contributed by atoms with Gasteiger partial charge in [0.15, 0.2) is 29.7 Å². The number of halogens is 3. The molecule has 4 nitrogen and oxygen atoms in total. The lowest BCUT2D eigenvalue weighted by Gasteiger charge is -2.03. The molecule has 0 spiro atoms. The zero-order valence-corrected chi connectivity index (χ0v) is 13.9. The van der Waals surface area contributed by atoms with Gasteiger partial charge in [-0.1, -0.05) is 0 Å². The largest absolute Gasteiger partial charge is 0.453 e. The van der Waals surface area contributed by atoms with Crippen molar-refractivity contribution in [1.29, 1.82) is 0 Å². The molecular formula is C18H10F3NO3S. The number of hydrogen-bond donors (Lipinski definition) is 0. The van der Waals surface area contributed by atoms with Crippen molar-refractivity contribution < 1.29 is 27.5 Å². The predicted molar refractivity (Wildman–Crippen MR) is 88.5 cm³/mol. The predicted octanol–water partition coefficient (Wildman–Crippen LogP) is 4.27. The number of aromatic nitrogens is 1. The van der Waals surface area contributed by atoms with Gasteiger partial charge in [0, 0.05) is 16.5 Å². The smallest absolute Gasteiger partial charge is 0.358 e. The minimum atomic E-state index is -1.16. The molecule has 3 aromatic rings. The molecule has 0 atom stereocenters. The molecule has 0 saturated heterocycles. The molecule has 1 aromatic heterocycles. The first-order valence-electron chi connectivity index (χ1n) is 7.31. The molecule has 132 valence electrons. The van der Waals surface area contributed by atoms with E-state index in [1.54, 1.807) is 0 Å². The fourth-order valence-corrected chi connectivity index (χ4v) is 2.85. The molecule has 1 heterocycles. The lowest BCUT2D eigenvalue weighted by Crippen LogP contribution is -2.14. The average Bonchev–Trinajstić information content (AvgIpc) is 3.12. The van der Waals surface area contributed by atoms with Crippen LogP contribution < -0.4 is 0 Å². The van der Waals surface area contributed by atoms with Gasteiger partial charge in [-0.2, -0.15) is 0 Å². The molecule has 26 heavy (non-hydrogen) atoms. The van der Waals surface area contributed by atoms with E-state index in [0.717, 1.165) is 29.5 Å². The van der Waals surface area contributed by atoms with Crippen LogP contribution in [0.15, 0.2) is 47.8 Å². The van der Waals surface area contributed by atoms with Gasteiger partial charge in [-0.05, 0) is 42.5 Å². The first kappa shape index (κ1) is 17.8. The molecule has 2 aromatic carbocycles. The third kappa shape index (κ3) is 3.97. The molecule has 0 N–H and O–H groups in total. The molecule has 0 unspecified atom stereocenters. The van der Waals surface area contributed by atoms with E-state index in [-0.39, 0.29) is 17.1 Å². The summed E-state index contributed by atoms with van der Waals surface area (Å²) in [5.41, 5.74) is 0.516. The molecule has 3 rings (SSSR count). The summed E-state index contributed by atoms with van der Waals surface area (Å²) >= 11 is 1.16. The lowest BCUT2D eigenvalue weighted by molar-refractivity contribution is 0.0469. The fraction of sp³-hybridized carbons (Fsp3) is 0.0556. The van der Waals surface area contributed by atoms with E-state index >= 15 is 0 Å². The van der Waals surface area contributed by atoms with Gasteiger partial charge < -0.3 is 4.74 Å². The number of nitrogens with zero attached hydrogens (tertiary/aromatic N) is 1. The summed E-state index contributed by atoms with van der Waals surface area (Å²) in [5, 5.41) is 1.94. The maximum atomic E-state index is 13.1. The Morgan fingerprint density at radius 3 is 2.42 bits per heavy atom. The molecular weight excluding hydrogens is 367 g/mol. The molecule has 0 aliphatic rings. The molecule has 0 aliphatic heterocycles. The van der Waals surface area contributed by atoms with Crippen LogP contribution in [-0.4, -0.2) is 23.3 Å². The van der Waals surface area contributed by atoms with E-state index in [4.69, 9.17) is 4.74 Å². The summed E-state index contributed by atoms with van der Waals surface area (Å²) in [4.78, 5) is 27.9. The van der Waals surface area contributed by atoms with Crippen LogP contribution in [0.4, 0.5) is 13.2 Å². The number of ether oxygens (including phenoxy) is 1. The third-order valence-corrected chi connectivity index (χ3v) is 4.27. The highest BCUT2D eigenvalue weighted by atomic mass is 32.1. The van der Waals surface area contributed by atoms with E-state index in [2.05, 4.69) is 4.98 Å². The minimum absolute atomic E-state index is 0.00703. The van der Waals surface area contributed by atoms with Crippen molar-refractivity contribution in [3.8, 4) is 10.6 Å². The zero-order valence-electron chi connectivity index (χ0n) is 13.0. The van der Waals surface area contributed by atoms with Crippen molar-refractivity contribution in [3.05, 3.63) is 76.6 Å². The second-order valence-corrected chi connectivity index (χ2v) is 6.03. The van der Waals surface area contributed by atoms with E-state index in [0.29, 0.717) is 10.6 Å². The van der Waals surface area contributed by atoms with Crippen molar-refractivity contribution in [1.82, 2.24) is 4.98 Å². The summed E-state index contributed by atoms with van der Waals surface area (Å²) in [6, 6.07) is 8.25. The van der Waals surface area contributed by atoms with Gasteiger partial charge >= 0.3 is 5.97 Å². The highest BCUT2D eigenvalue weighted by Crippen LogP contribution is 2.24. The van der Waals surface area contributed by atoms with Crippen molar-refractivity contribution in [2.24, 2.45) is 0 Å². The Kier molecular flexibility index (Phi) is 5.13.